The van der Waals surface area contributed by atoms with Crippen molar-refractivity contribution in [1.82, 2.24) is 5.32 Å². The summed E-state index contributed by atoms with van der Waals surface area (Å²) in [5.74, 6) is 0.181. The van der Waals surface area contributed by atoms with E-state index >= 15 is 0 Å². The Kier molecular flexibility index (Phi) is 8.43. The number of aliphatic hydroxyl groups is 1. The molecule has 2 N–H and O–H groups in total. The molecule has 5 aliphatic carbocycles. The minimum Gasteiger partial charge on any atom is -0.458 e. The first-order chi connectivity index (χ1) is 19.1. The number of hydrogen-bond donors (Lipinski definition) is 2. The van der Waals surface area contributed by atoms with Gasteiger partial charge in [0.25, 0.3) is 0 Å². The Balaban J connectivity index is 1.11. The van der Waals surface area contributed by atoms with Crippen LogP contribution >= 0.6 is 0 Å². The van der Waals surface area contributed by atoms with Crippen molar-refractivity contribution >= 4 is 23.4 Å². The van der Waals surface area contributed by atoms with Gasteiger partial charge in [-0.3, -0.25) is 19.2 Å². The van der Waals surface area contributed by atoms with Crippen LogP contribution in [0.2, 0.25) is 0 Å². The average Bonchev–Trinajstić information content (AvgIpc) is 3.23. The minimum absolute atomic E-state index is 0.0278. The van der Waals surface area contributed by atoms with Crippen LogP contribution in [0.5, 0.6) is 0 Å². The summed E-state index contributed by atoms with van der Waals surface area (Å²) in [4.78, 5) is 50.0. The summed E-state index contributed by atoms with van der Waals surface area (Å²) < 4.78 is 5.28. The molecule has 0 bridgehead atoms. The predicted molar refractivity (Wildman–Crippen MR) is 151 cm³/mol. The van der Waals surface area contributed by atoms with Crippen molar-refractivity contribution in [2.75, 3.05) is 13.2 Å². The third-order valence-corrected chi connectivity index (χ3v) is 11.6. The van der Waals surface area contributed by atoms with Crippen LogP contribution in [0, 0.1) is 28.6 Å². The van der Waals surface area contributed by atoms with Crippen LogP contribution in [0.25, 0.3) is 0 Å². The Morgan fingerprint density at radius 2 is 1.80 bits per heavy atom. The lowest BCUT2D eigenvalue weighted by Gasteiger charge is -2.58. The highest BCUT2D eigenvalue weighted by atomic mass is 16.5. The van der Waals surface area contributed by atoms with E-state index in [1.165, 1.54) is 24.0 Å². The first kappa shape index (κ1) is 29.2. The maximum atomic E-state index is 13.4. The van der Waals surface area contributed by atoms with Crippen molar-refractivity contribution in [3.05, 3.63) is 23.3 Å². The summed E-state index contributed by atoms with van der Waals surface area (Å²) >= 11 is 0. The Morgan fingerprint density at radius 1 is 1.00 bits per heavy atom. The second-order valence-corrected chi connectivity index (χ2v) is 13.6. The van der Waals surface area contributed by atoms with Crippen molar-refractivity contribution in [3.8, 4) is 0 Å². The molecule has 40 heavy (non-hydrogen) atoms. The Bertz CT molecular complexity index is 1110. The second kappa shape index (κ2) is 11.5. The lowest BCUT2D eigenvalue weighted by Crippen LogP contribution is -2.58. The number of nitrogens with one attached hydrogen (secondary N) is 1. The van der Waals surface area contributed by atoms with Crippen molar-refractivity contribution in [3.63, 3.8) is 0 Å². The zero-order valence-corrected chi connectivity index (χ0v) is 24.4. The van der Waals surface area contributed by atoms with Gasteiger partial charge >= 0.3 is 5.97 Å². The molecule has 0 saturated heterocycles. The van der Waals surface area contributed by atoms with Crippen LogP contribution in [0.15, 0.2) is 23.3 Å². The SMILES string of the molecule is C[C@]12CCC(=O)C=C1CC[C@@H]1[C@@H]2CC[C@@]2(C)[C@H]1CC[C@]2(O)C(=O)COC(=O)CCC(=O)NCCC1=CCCCC1. The number of ether oxygens (including phenoxy) is 1. The van der Waals surface area contributed by atoms with Crippen molar-refractivity contribution in [2.45, 2.75) is 116 Å². The summed E-state index contributed by atoms with van der Waals surface area (Å²) in [7, 11) is 0. The standard InChI is InChI=1S/C33H47NO6/c1-31-16-12-24(35)20-23(31)8-9-25-26(31)13-17-32(2)27(25)14-18-33(32,39)28(36)21-40-30(38)11-10-29(37)34-19-15-22-6-4-3-5-7-22/h6,20,25-27,39H,3-5,7-19,21H2,1-2H3,(H,34,37)/t25-,26+,27+,31+,32+,33+/m1/s1. The molecule has 5 rings (SSSR count). The predicted octanol–water partition coefficient (Wildman–Crippen LogP) is 5.15. The third-order valence-electron chi connectivity index (χ3n) is 11.6. The van der Waals surface area contributed by atoms with E-state index in [0.717, 1.165) is 57.8 Å². The second-order valence-electron chi connectivity index (χ2n) is 13.6. The van der Waals surface area contributed by atoms with E-state index in [9.17, 15) is 24.3 Å². The van der Waals surface area contributed by atoms with Gasteiger partial charge < -0.3 is 15.2 Å². The molecule has 0 aromatic heterocycles. The molecular formula is C33H47NO6. The highest BCUT2D eigenvalue weighted by Gasteiger charge is 2.66. The molecule has 5 aliphatic rings. The van der Waals surface area contributed by atoms with E-state index in [4.69, 9.17) is 4.74 Å². The molecule has 0 unspecified atom stereocenters. The number of carbonyl (C=O) groups is 4. The smallest absolute Gasteiger partial charge is 0.306 e. The lowest BCUT2D eigenvalue weighted by atomic mass is 9.46. The van der Waals surface area contributed by atoms with Gasteiger partial charge in [0, 0.05) is 24.8 Å². The Labute approximate surface area is 238 Å². The highest BCUT2D eigenvalue weighted by Crippen LogP contribution is 2.67. The molecule has 1 amide bonds. The van der Waals surface area contributed by atoms with Crippen molar-refractivity contribution < 1.29 is 29.0 Å². The van der Waals surface area contributed by atoms with Crippen LogP contribution in [0.3, 0.4) is 0 Å². The molecular weight excluding hydrogens is 506 g/mol. The third kappa shape index (κ3) is 5.35. The Hall–Kier alpha value is -2.28. The molecule has 0 aliphatic heterocycles. The number of allylic oxidation sites excluding steroid dienone is 2. The molecule has 3 saturated carbocycles. The van der Waals surface area contributed by atoms with Gasteiger partial charge in [0.2, 0.25) is 11.7 Å². The Morgan fingerprint density at radius 3 is 2.58 bits per heavy atom. The van der Waals surface area contributed by atoms with E-state index < -0.39 is 29.4 Å². The molecule has 220 valence electrons. The van der Waals surface area contributed by atoms with Gasteiger partial charge in [-0.15, -0.1) is 0 Å². The van der Waals surface area contributed by atoms with E-state index in [1.807, 2.05) is 6.08 Å². The molecule has 0 radical (unpaired) electrons. The number of esters is 1. The molecule has 7 heteroatoms. The molecule has 3 fully saturated rings. The molecule has 0 spiro atoms. The summed E-state index contributed by atoms with van der Waals surface area (Å²) in [6.45, 7) is 4.51. The number of rotatable bonds is 9. The number of Topliss-reactive ketones (excluding diaryl/α,β-unsaturated/α-hetero) is 1. The van der Waals surface area contributed by atoms with Crippen LogP contribution in [0.4, 0.5) is 0 Å². The van der Waals surface area contributed by atoms with Crippen molar-refractivity contribution in [2.24, 2.45) is 28.6 Å². The van der Waals surface area contributed by atoms with Gasteiger partial charge in [-0.2, -0.15) is 0 Å². The molecule has 0 aromatic rings. The number of ketones is 2. The van der Waals surface area contributed by atoms with Gasteiger partial charge in [0.15, 0.2) is 12.4 Å². The normalized spacial score (nSPS) is 36.9. The quantitative estimate of drug-likeness (QED) is 0.302. The number of amides is 1. The fourth-order valence-electron chi connectivity index (χ4n) is 9.17. The van der Waals surface area contributed by atoms with Gasteiger partial charge in [-0.05, 0) is 106 Å². The van der Waals surface area contributed by atoms with E-state index in [1.54, 1.807) is 0 Å². The van der Waals surface area contributed by atoms with Gasteiger partial charge in [0.1, 0.15) is 5.60 Å². The van der Waals surface area contributed by atoms with E-state index in [0.29, 0.717) is 31.2 Å². The topological polar surface area (TPSA) is 110 Å². The first-order valence-corrected chi connectivity index (χ1v) is 15.7. The zero-order valence-electron chi connectivity index (χ0n) is 24.4. The van der Waals surface area contributed by atoms with E-state index in [2.05, 4.69) is 25.2 Å². The van der Waals surface area contributed by atoms with Gasteiger partial charge in [-0.1, -0.05) is 31.1 Å². The lowest BCUT2D eigenvalue weighted by molar-refractivity contribution is -0.170. The van der Waals surface area contributed by atoms with Crippen LogP contribution < -0.4 is 5.32 Å². The van der Waals surface area contributed by atoms with Crippen LogP contribution in [-0.4, -0.2) is 47.3 Å². The summed E-state index contributed by atoms with van der Waals surface area (Å²) in [5, 5.41) is 14.7. The molecule has 6 atom stereocenters. The fraction of sp³-hybridized carbons (Fsp3) is 0.758. The van der Waals surface area contributed by atoms with Crippen molar-refractivity contribution in [1.29, 1.82) is 0 Å². The number of hydrogen-bond acceptors (Lipinski definition) is 6. The maximum absolute atomic E-state index is 13.4. The summed E-state index contributed by atoms with van der Waals surface area (Å²) in [5.41, 5.74) is 0.683. The largest absolute Gasteiger partial charge is 0.458 e. The monoisotopic (exact) mass is 553 g/mol. The molecule has 0 aromatic carbocycles. The first-order valence-electron chi connectivity index (χ1n) is 15.7. The van der Waals surface area contributed by atoms with Crippen LogP contribution in [-0.2, 0) is 23.9 Å². The molecule has 7 nitrogen and oxygen atoms in total. The van der Waals surface area contributed by atoms with Gasteiger partial charge in [0.05, 0.1) is 6.42 Å². The number of carbonyl (C=O) groups excluding carboxylic acids is 4. The van der Waals surface area contributed by atoms with Crippen LogP contribution in [0.1, 0.15) is 110 Å². The number of fused-ring (bicyclic) bond motifs is 5. The zero-order chi connectivity index (χ0) is 28.5. The summed E-state index contributed by atoms with van der Waals surface area (Å²) in [6.07, 6.45) is 15.9. The highest BCUT2D eigenvalue weighted by molar-refractivity contribution is 5.92. The fourth-order valence-corrected chi connectivity index (χ4v) is 9.17. The van der Waals surface area contributed by atoms with Gasteiger partial charge in [-0.25, -0.2) is 0 Å². The van der Waals surface area contributed by atoms with E-state index in [-0.39, 0.29) is 35.9 Å². The molecule has 0 heterocycles. The average molecular weight is 554 g/mol. The maximum Gasteiger partial charge on any atom is 0.306 e. The minimum atomic E-state index is -1.51. The summed E-state index contributed by atoms with van der Waals surface area (Å²) in [6, 6.07) is 0.